The van der Waals surface area contributed by atoms with E-state index in [4.69, 9.17) is 4.98 Å². The number of aromatic nitrogens is 4. The van der Waals surface area contributed by atoms with Crippen molar-refractivity contribution in [1.82, 2.24) is 19.1 Å². The van der Waals surface area contributed by atoms with Gasteiger partial charge in [0, 0.05) is 46.1 Å². The molecular formula is C48H54N4. The number of benzene rings is 4. The van der Waals surface area contributed by atoms with Crippen LogP contribution in [0.1, 0.15) is 89.5 Å². The molecule has 4 heteroatoms. The zero-order chi connectivity index (χ0) is 36.8. The van der Waals surface area contributed by atoms with Crippen LogP contribution in [0.15, 0.2) is 110 Å². The molecule has 266 valence electrons. The first-order valence-electron chi connectivity index (χ1n) is 19.4. The number of hydrogen-bond acceptors (Lipinski definition) is 2. The quantitative estimate of drug-likeness (QED) is 0.167. The molecule has 52 heavy (non-hydrogen) atoms. The van der Waals surface area contributed by atoms with Gasteiger partial charge >= 0.3 is 0 Å². The highest BCUT2D eigenvalue weighted by Crippen LogP contribution is 2.37. The van der Waals surface area contributed by atoms with E-state index in [0.29, 0.717) is 0 Å². The molecule has 8 rings (SSSR count). The highest BCUT2D eigenvalue weighted by Gasteiger charge is 2.17. The summed E-state index contributed by atoms with van der Waals surface area (Å²) in [4.78, 5) is 9.29. The molecule has 4 nitrogen and oxygen atoms in total. The summed E-state index contributed by atoms with van der Waals surface area (Å²) in [7, 11) is 0. The van der Waals surface area contributed by atoms with Gasteiger partial charge in [-0.25, -0.2) is 0 Å². The van der Waals surface area contributed by atoms with Gasteiger partial charge in [-0.05, 0) is 127 Å². The molecule has 0 saturated carbocycles. The normalized spacial score (nSPS) is 11.2. The van der Waals surface area contributed by atoms with Crippen molar-refractivity contribution in [3.05, 3.63) is 132 Å². The van der Waals surface area contributed by atoms with Gasteiger partial charge in [-0.15, -0.1) is 0 Å². The largest absolute Gasteiger partial charge is 0.309 e. The molecule has 0 bridgehead atoms. The Morgan fingerprint density at radius 2 is 1.02 bits per heavy atom. The maximum Gasteiger partial charge on any atom is 0.0963 e. The van der Waals surface area contributed by atoms with Crippen LogP contribution in [-0.4, -0.2) is 19.1 Å². The van der Waals surface area contributed by atoms with Crippen molar-refractivity contribution in [3.8, 4) is 22.5 Å². The fourth-order valence-electron chi connectivity index (χ4n) is 7.42. The molecule has 0 aliphatic rings. The zero-order valence-corrected chi connectivity index (χ0v) is 32.4. The van der Waals surface area contributed by atoms with Crippen LogP contribution >= 0.6 is 0 Å². The summed E-state index contributed by atoms with van der Waals surface area (Å²) in [6, 6.07) is 33.9. The van der Waals surface area contributed by atoms with Crippen molar-refractivity contribution in [3.63, 3.8) is 0 Å². The number of pyridine rings is 2. The Hall–Kier alpha value is -5.22. The second kappa shape index (κ2) is 16.4. The van der Waals surface area contributed by atoms with Crippen LogP contribution in [-0.2, 0) is 12.8 Å². The highest BCUT2D eigenvalue weighted by molar-refractivity contribution is 6.09. The van der Waals surface area contributed by atoms with E-state index >= 15 is 0 Å². The van der Waals surface area contributed by atoms with Gasteiger partial charge in [-0.3, -0.25) is 9.97 Å². The van der Waals surface area contributed by atoms with Gasteiger partial charge in [0.25, 0.3) is 0 Å². The standard InChI is InChI=1S/C42H38N4.2C3H8/c1-5-8-29-11-17-38-35(24-29)37-26-43-21-19-40(37)45(38)31-13-15-33(27(3)22-31)34-16-14-32(23-28(34)4)46-39-18-12-30(9-6-2)25-36(39)42-41(46)10-7-20-44-42;2*1-3-2/h7,10-26H,5-6,8-9H2,1-4H3;2*3H2,1-2H3. The van der Waals surface area contributed by atoms with Gasteiger partial charge in [0.2, 0.25) is 0 Å². The Morgan fingerprint density at radius 1 is 0.500 bits per heavy atom. The summed E-state index contributed by atoms with van der Waals surface area (Å²) in [5.74, 6) is 0. The Bertz CT molecular complexity index is 2290. The lowest BCUT2D eigenvalue weighted by Crippen LogP contribution is -1.98. The van der Waals surface area contributed by atoms with Gasteiger partial charge in [-0.1, -0.05) is 91.5 Å². The number of fused-ring (bicyclic) bond motifs is 6. The molecule has 0 spiro atoms. The summed E-state index contributed by atoms with van der Waals surface area (Å²) < 4.78 is 4.75. The number of nitrogens with zero attached hydrogens (tertiary/aromatic N) is 4. The van der Waals surface area contributed by atoms with Crippen molar-refractivity contribution in [2.45, 2.75) is 93.9 Å². The van der Waals surface area contributed by atoms with Crippen LogP contribution in [0.5, 0.6) is 0 Å². The maximum absolute atomic E-state index is 4.81. The average molecular weight is 687 g/mol. The molecule has 0 unspecified atom stereocenters. The van der Waals surface area contributed by atoms with Gasteiger partial charge in [0.05, 0.1) is 27.6 Å². The molecule has 8 aromatic rings. The second-order valence-corrected chi connectivity index (χ2v) is 14.1. The lowest BCUT2D eigenvalue weighted by atomic mass is 9.95. The van der Waals surface area contributed by atoms with E-state index in [0.717, 1.165) is 42.4 Å². The number of hydrogen-bond donors (Lipinski definition) is 0. The topological polar surface area (TPSA) is 35.6 Å². The maximum atomic E-state index is 4.81. The molecule has 0 radical (unpaired) electrons. The highest BCUT2D eigenvalue weighted by atomic mass is 15.0. The van der Waals surface area contributed by atoms with Crippen LogP contribution in [0.4, 0.5) is 0 Å². The molecule has 4 aromatic carbocycles. The lowest BCUT2D eigenvalue weighted by molar-refractivity contribution is 0.923. The van der Waals surface area contributed by atoms with E-state index in [1.165, 1.54) is 84.6 Å². The molecule has 0 saturated heterocycles. The molecule has 0 N–H and O–H groups in total. The molecule has 4 aromatic heterocycles. The molecule has 0 aliphatic carbocycles. The fourth-order valence-corrected chi connectivity index (χ4v) is 7.42. The van der Waals surface area contributed by atoms with Crippen LogP contribution in [0, 0.1) is 13.8 Å². The minimum atomic E-state index is 1.06. The van der Waals surface area contributed by atoms with E-state index in [9.17, 15) is 0 Å². The average Bonchev–Trinajstić information content (AvgIpc) is 3.65. The van der Waals surface area contributed by atoms with Crippen LogP contribution in [0.3, 0.4) is 0 Å². The Balaban J connectivity index is 0.000000726. The number of rotatable bonds is 7. The van der Waals surface area contributed by atoms with Crippen molar-refractivity contribution in [2.75, 3.05) is 0 Å². The first-order chi connectivity index (χ1) is 25.4. The SMILES string of the molecule is CCC.CCC.CCCc1ccc2c(c1)c1cnccc1n2-c1ccc(-c2ccc(-n3c4ccc(CCC)cc4c4ncccc43)cc2C)c(C)c1. The van der Waals surface area contributed by atoms with Crippen LogP contribution in [0.25, 0.3) is 66.2 Å². The smallest absolute Gasteiger partial charge is 0.0963 e. The monoisotopic (exact) mass is 686 g/mol. The Morgan fingerprint density at radius 3 is 1.58 bits per heavy atom. The third-order valence-corrected chi connectivity index (χ3v) is 9.52. The third kappa shape index (κ3) is 6.99. The molecule has 4 heterocycles. The van der Waals surface area contributed by atoms with E-state index in [2.05, 4.69) is 154 Å². The van der Waals surface area contributed by atoms with Gasteiger partial charge < -0.3 is 9.13 Å². The number of aryl methyl sites for hydroxylation is 4. The van der Waals surface area contributed by atoms with E-state index in [1.807, 2.05) is 24.7 Å². The van der Waals surface area contributed by atoms with Crippen molar-refractivity contribution in [1.29, 1.82) is 0 Å². The second-order valence-electron chi connectivity index (χ2n) is 14.1. The Kier molecular flexibility index (Phi) is 11.5. The van der Waals surface area contributed by atoms with Crippen molar-refractivity contribution < 1.29 is 0 Å². The van der Waals surface area contributed by atoms with E-state index in [-0.39, 0.29) is 0 Å². The summed E-state index contributed by atoms with van der Waals surface area (Å²) in [6.07, 6.45) is 12.7. The van der Waals surface area contributed by atoms with E-state index in [1.54, 1.807) is 0 Å². The van der Waals surface area contributed by atoms with Crippen molar-refractivity contribution in [2.24, 2.45) is 0 Å². The zero-order valence-electron chi connectivity index (χ0n) is 32.4. The molecule has 0 fully saturated rings. The molecule has 0 atom stereocenters. The summed E-state index contributed by atoms with van der Waals surface area (Å²) >= 11 is 0. The summed E-state index contributed by atoms with van der Waals surface area (Å²) in [5, 5.41) is 3.69. The molecule has 0 amide bonds. The first-order valence-corrected chi connectivity index (χ1v) is 19.4. The van der Waals surface area contributed by atoms with E-state index < -0.39 is 0 Å². The minimum absolute atomic E-state index is 1.06. The minimum Gasteiger partial charge on any atom is -0.309 e. The first kappa shape index (κ1) is 36.6. The summed E-state index contributed by atoms with van der Waals surface area (Å²) in [5.41, 5.74) is 15.9. The van der Waals surface area contributed by atoms with Gasteiger partial charge in [0.15, 0.2) is 0 Å². The van der Waals surface area contributed by atoms with Crippen LogP contribution in [0.2, 0.25) is 0 Å². The van der Waals surface area contributed by atoms with Crippen molar-refractivity contribution >= 4 is 43.7 Å². The van der Waals surface area contributed by atoms with Crippen LogP contribution < -0.4 is 0 Å². The molecule has 0 aliphatic heterocycles. The predicted molar refractivity (Wildman–Crippen MR) is 226 cm³/mol. The summed E-state index contributed by atoms with van der Waals surface area (Å²) in [6.45, 7) is 17.4. The third-order valence-electron chi connectivity index (χ3n) is 9.52. The molecular weight excluding hydrogens is 633 g/mol. The predicted octanol–water partition coefficient (Wildman–Crippen LogP) is 13.7. The van der Waals surface area contributed by atoms with Gasteiger partial charge in [-0.2, -0.15) is 0 Å². The lowest BCUT2D eigenvalue weighted by Gasteiger charge is -2.15. The van der Waals surface area contributed by atoms with Gasteiger partial charge in [0.1, 0.15) is 0 Å². The fraction of sp³-hybridized carbons (Fsp3) is 0.292. The Labute approximate surface area is 310 Å².